The average Bonchev–Trinajstić information content (AvgIpc) is 2.87. The van der Waals surface area contributed by atoms with Crippen molar-refractivity contribution in [3.8, 4) is 0 Å². The number of unbranched alkanes of at least 4 members (excludes halogenated alkanes) is 1. The van der Waals surface area contributed by atoms with E-state index in [4.69, 9.17) is 33.5 Å². The summed E-state index contributed by atoms with van der Waals surface area (Å²) in [6.07, 6.45) is -3.38. The average molecular weight is 546 g/mol. The van der Waals surface area contributed by atoms with Crippen LogP contribution in [0.4, 0.5) is 0 Å². The van der Waals surface area contributed by atoms with E-state index >= 15 is 0 Å². The van der Waals surface area contributed by atoms with Crippen LogP contribution in [0.25, 0.3) is 0 Å². The Labute approximate surface area is 225 Å². The smallest absolute Gasteiger partial charge is 0.256 e. The van der Waals surface area contributed by atoms with Crippen LogP contribution in [0.15, 0.2) is 12.2 Å². The Morgan fingerprint density at radius 1 is 1.18 bits per heavy atom. The first-order chi connectivity index (χ1) is 17.9. The van der Waals surface area contributed by atoms with Crippen molar-refractivity contribution < 1.29 is 48.5 Å². The molecule has 0 unspecified atom stereocenters. The quantitative estimate of drug-likeness (QED) is 0.221. The van der Waals surface area contributed by atoms with Crippen LogP contribution in [0.3, 0.4) is 0 Å². The molecule has 3 fully saturated rings. The van der Waals surface area contributed by atoms with Crippen LogP contribution < -0.4 is 5.32 Å². The molecule has 3 aliphatic rings. The van der Waals surface area contributed by atoms with Gasteiger partial charge in [-0.2, -0.15) is 0 Å². The normalized spacial score (nSPS) is 38.8. The molecule has 0 spiro atoms. The third-order valence-corrected chi connectivity index (χ3v) is 8.50. The molecule has 0 aromatic rings. The van der Waals surface area contributed by atoms with Gasteiger partial charge in [0.2, 0.25) is 5.79 Å². The molecular formula is C27H47NO10. The van der Waals surface area contributed by atoms with Gasteiger partial charge in [-0.25, -0.2) is 0 Å². The molecule has 0 aliphatic carbocycles. The molecule has 3 heterocycles. The van der Waals surface area contributed by atoms with Gasteiger partial charge in [0.15, 0.2) is 12.3 Å². The SMILES string of the molecule is C=C1C[C@](OC)([C@H](O)C(=O)N[C@H]2OCO[C@H]3[C@H]2O[C@H](C[C@H](O)CCCCO)C(C)(C)[C@@H]3OC)O[C@H](C)[C@@H]1C. The number of aliphatic hydroxyl groups excluding tert-OH is 3. The molecule has 10 atom stereocenters. The Morgan fingerprint density at radius 2 is 1.89 bits per heavy atom. The van der Waals surface area contributed by atoms with E-state index in [1.54, 1.807) is 7.11 Å². The highest BCUT2D eigenvalue weighted by Gasteiger charge is 2.57. The van der Waals surface area contributed by atoms with Crippen molar-refractivity contribution >= 4 is 5.91 Å². The van der Waals surface area contributed by atoms with Crippen molar-refractivity contribution in [3.63, 3.8) is 0 Å². The molecule has 0 radical (unpaired) electrons. The van der Waals surface area contributed by atoms with Crippen molar-refractivity contribution in [2.75, 3.05) is 27.6 Å². The Balaban J connectivity index is 1.76. The molecule has 0 saturated carbocycles. The number of aliphatic hydroxyl groups is 3. The molecule has 0 aromatic heterocycles. The van der Waals surface area contributed by atoms with Gasteiger partial charge in [-0.15, -0.1) is 0 Å². The molecule has 11 nitrogen and oxygen atoms in total. The van der Waals surface area contributed by atoms with Crippen molar-refractivity contribution in [1.82, 2.24) is 5.32 Å². The number of fused-ring (bicyclic) bond motifs is 1. The summed E-state index contributed by atoms with van der Waals surface area (Å²) in [5.41, 5.74) is 0.295. The first kappa shape index (κ1) is 31.4. The van der Waals surface area contributed by atoms with Gasteiger partial charge in [-0.3, -0.25) is 4.79 Å². The second-order valence-electron chi connectivity index (χ2n) is 11.4. The second kappa shape index (κ2) is 13.0. The predicted molar refractivity (Wildman–Crippen MR) is 137 cm³/mol. The number of nitrogens with one attached hydrogen (secondary N) is 1. The molecule has 3 saturated heterocycles. The van der Waals surface area contributed by atoms with Crippen LogP contribution in [0.5, 0.6) is 0 Å². The summed E-state index contributed by atoms with van der Waals surface area (Å²) >= 11 is 0. The highest BCUT2D eigenvalue weighted by atomic mass is 16.7. The van der Waals surface area contributed by atoms with Gasteiger partial charge >= 0.3 is 0 Å². The first-order valence-electron chi connectivity index (χ1n) is 13.5. The lowest BCUT2D eigenvalue weighted by molar-refractivity contribution is -0.332. The van der Waals surface area contributed by atoms with Gasteiger partial charge in [0.25, 0.3) is 5.91 Å². The van der Waals surface area contributed by atoms with Crippen LogP contribution >= 0.6 is 0 Å². The molecule has 3 aliphatic heterocycles. The lowest BCUT2D eigenvalue weighted by Gasteiger charge is -2.54. The molecule has 220 valence electrons. The molecule has 38 heavy (non-hydrogen) atoms. The van der Waals surface area contributed by atoms with E-state index in [0.717, 1.165) is 5.57 Å². The summed E-state index contributed by atoms with van der Waals surface area (Å²) in [6.45, 7) is 11.9. The zero-order chi connectivity index (χ0) is 28.3. The second-order valence-corrected chi connectivity index (χ2v) is 11.4. The van der Waals surface area contributed by atoms with Gasteiger partial charge in [0.05, 0.1) is 24.4 Å². The summed E-state index contributed by atoms with van der Waals surface area (Å²) in [5, 5.41) is 33.5. The first-order valence-corrected chi connectivity index (χ1v) is 13.5. The van der Waals surface area contributed by atoms with Gasteiger partial charge in [0, 0.05) is 45.0 Å². The molecule has 11 heteroatoms. The highest BCUT2D eigenvalue weighted by molar-refractivity contribution is 5.82. The summed E-state index contributed by atoms with van der Waals surface area (Å²) in [5.74, 6) is -2.27. The van der Waals surface area contributed by atoms with Crippen molar-refractivity contribution in [2.45, 2.75) is 115 Å². The Hall–Kier alpha value is -1.15. The maximum atomic E-state index is 13.3. The lowest BCUT2D eigenvalue weighted by atomic mass is 9.72. The van der Waals surface area contributed by atoms with Crippen LogP contribution in [0.1, 0.15) is 59.8 Å². The standard InChI is InChI=1S/C27H47NO10/c1-15-13-27(34-7,38-17(3)16(15)2)22(31)24(32)28-25-21-20(35-14-36-25)23(33-6)26(4,5)19(37-21)12-18(30)10-8-9-11-29/h16-23,25,29-31H,1,8-14H2,2-7H3,(H,28,32)/t16-,17-,18-,19-,20+,21-,22-,23-,25+,27-/m1/s1. The third kappa shape index (κ3) is 6.42. The minimum absolute atomic E-state index is 0.0500. The third-order valence-electron chi connectivity index (χ3n) is 8.50. The van der Waals surface area contributed by atoms with E-state index < -0.39 is 60.0 Å². The van der Waals surface area contributed by atoms with Crippen LogP contribution in [0.2, 0.25) is 0 Å². The van der Waals surface area contributed by atoms with Crippen molar-refractivity contribution in [2.24, 2.45) is 11.3 Å². The number of hydrogen-bond acceptors (Lipinski definition) is 10. The maximum Gasteiger partial charge on any atom is 0.256 e. The number of carbonyl (C=O) groups is 1. The lowest BCUT2D eigenvalue weighted by Crippen LogP contribution is -2.69. The fourth-order valence-corrected chi connectivity index (χ4v) is 5.79. The number of methoxy groups -OCH3 is 2. The van der Waals surface area contributed by atoms with Gasteiger partial charge in [-0.1, -0.05) is 32.9 Å². The fourth-order valence-electron chi connectivity index (χ4n) is 5.79. The topological polar surface area (TPSA) is 145 Å². The van der Waals surface area contributed by atoms with E-state index in [0.29, 0.717) is 25.7 Å². The fraction of sp³-hybridized carbons (Fsp3) is 0.889. The Morgan fingerprint density at radius 3 is 2.50 bits per heavy atom. The molecule has 1 amide bonds. The highest BCUT2D eigenvalue weighted by Crippen LogP contribution is 2.44. The number of hydrogen-bond donors (Lipinski definition) is 4. The van der Waals surface area contributed by atoms with E-state index in [9.17, 15) is 15.0 Å². The number of rotatable bonds is 11. The van der Waals surface area contributed by atoms with Gasteiger partial charge in [0.1, 0.15) is 19.0 Å². The van der Waals surface area contributed by atoms with E-state index in [1.807, 2.05) is 27.7 Å². The maximum absolute atomic E-state index is 13.3. The summed E-state index contributed by atoms with van der Waals surface area (Å²) < 4.78 is 35.5. The van der Waals surface area contributed by atoms with Crippen LogP contribution in [-0.2, 0) is 33.2 Å². The van der Waals surface area contributed by atoms with E-state index in [1.165, 1.54) is 7.11 Å². The van der Waals surface area contributed by atoms with E-state index in [2.05, 4.69) is 11.9 Å². The van der Waals surface area contributed by atoms with Crippen LogP contribution in [0, 0.1) is 11.3 Å². The van der Waals surface area contributed by atoms with Crippen molar-refractivity contribution in [1.29, 1.82) is 0 Å². The summed E-state index contributed by atoms with van der Waals surface area (Å²) in [4.78, 5) is 13.3. The zero-order valence-electron chi connectivity index (χ0n) is 23.6. The summed E-state index contributed by atoms with van der Waals surface area (Å²) in [6, 6.07) is 0. The van der Waals surface area contributed by atoms with Gasteiger partial charge < -0.3 is 49.1 Å². The minimum Gasteiger partial charge on any atom is -0.396 e. The Bertz CT molecular complexity index is 809. The van der Waals surface area contributed by atoms with E-state index in [-0.39, 0.29) is 31.8 Å². The zero-order valence-corrected chi connectivity index (χ0v) is 23.6. The molecule has 3 rings (SSSR count). The number of ether oxygens (including phenoxy) is 6. The number of carbonyl (C=O) groups excluding carboxylic acids is 1. The molecular weight excluding hydrogens is 498 g/mol. The molecule has 0 aromatic carbocycles. The Kier molecular flexibility index (Phi) is 10.7. The largest absolute Gasteiger partial charge is 0.396 e. The molecule has 0 bridgehead atoms. The molecule has 4 N–H and O–H groups in total. The summed E-state index contributed by atoms with van der Waals surface area (Å²) in [7, 11) is 2.98. The monoisotopic (exact) mass is 545 g/mol. The number of amides is 1. The predicted octanol–water partition coefficient (Wildman–Crippen LogP) is 1.23. The van der Waals surface area contributed by atoms with Crippen LogP contribution in [-0.4, -0.2) is 104 Å². The van der Waals surface area contributed by atoms with Crippen molar-refractivity contribution in [3.05, 3.63) is 12.2 Å². The minimum atomic E-state index is -1.66. The van der Waals surface area contributed by atoms with Gasteiger partial charge in [-0.05, 0) is 26.2 Å².